The third kappa shape index (κ3) is 19.8. The highest BCUT2D eigenvalue weighted by atomic mass is 127. The highest BCUT2D eigenvalue weighted by Crippen LogP contribution is 1.98. The molecule has 0 rings (SSSR count). The van der Waals surface area contributed by atoms with Gasteiger partial charge >= 0.3 is 0 Å². The van der Waals surface area contributed by atoms with Gasteiger partial charge in [0.05, 0.1) is 25.6 Å². The highest BCUT2D eigenvalue weighted by molar-refractivity contribution is 14.0. The molecule has 0 atom stereocenters. The van der Waals surface area contributed by atoms with Gasteiger partial charge in [-0.25, -0.2) is 8.42 Å². The van der Waals surface area contributed by atoms with Gasteiger partial charge in [-0.15, -0.1) is 24.0 Å². The maximum absolute atomic E-state index is 10.9. The number of guanidine groups is 1. The van der Waals surface area contributed by atoms with Crippen molar-refractivity contribution in [1.82, 2.24) is 10.6 Å². The molecule has 9 heteroatoms. The molecule has 0 saturated carbocycles. The lowest BCUT2D eigenvalue weighted by Gasteiger charge is -2.12. The summed E-state index contributed by atoms with van der Waals surface area (Å²) in [4.78, 5) is 4.08. The molecule has 0 unspecified atom stereocenters. The summed E-state index contributed by atoms with van der Waals surface area (Å²) in [6.45, 7) is 7.66. The molecule has 140 valence electrons. The molecule has 7 nitrogen and oxygen atoms in total. The van der Waals surface area contributed by atoms with Crippen molar-refractivity contribution in [3.05, 3.63) is 0 Å². The SMILES string of the molecule is CN=C(NCCOCCC(C)C)NCCOCCS(C)(=O)=O.I. The smallest absolute Gasteiger partial charge is 0.191 e. The van der Waals surface area contributed by atoms with Crippen molar-refractivity contribution < 1.29 is 17.9 Å². The molecule has 0 aliphatic rings. The van der Waals surface area contributed by atoms with Crippen LogP contribution in [0.15, 0.2) is 4.99 Å². The predicted octanol–water partition coefficient (Wildman–Crippen LogP) is 0.893. The fourth-order valence-corrected chi connectivity index (χ4v) is 1.86. The number of sulfone groups is 1. The molecule has 0 aliphatic carbocycles. The summed E-state index contributed by atoms with van der Waals surface area (Å²) in [6.07, 6.45) is 2.27. The van der Waals surface area contributed by atoms with Crippen molar-refractivity contribution >= 4 is 39.8 Å². The Morgan fingerprint density at radius 2 is 1.57 bits per heavy atom. The first-order valence-corrected chi connectivity index (χ1v) is 9.69. The number of hydrogen-bond acceptors (Lipinski definition) is 5. The Bertz CT molecular complexity index is 403. The largest absolute Gasteiger partial charge is 0.380 e. The summed E-state index contributed by atoms with van der Waals surface area (Å²) >= 11 is 0. The van der Waals surface area contributed by atoms with Crippen LogP contribution in [0, 0.1) is 5.92 Å². The van der Waals surface area contributed by atoms with E-state index in [2.05, 4.69) is 29.5 Å². The molecule has 0 aromatic carbocycles. The van der Waals surface area contributed by atoms with Gasteiger partial charge < -0.3 is 20.1 Å². The number of nitrogens with zero attached hydrogens (tertiary/aromatic N) is 1. The van der Waals surface area contributed by atoms with E-state index in [0.717, 1.165) is 13.0 Å². The summed E-state index contributed by atoms with van der Waals surface area (Å²) in [5.74, 6) is 1.39. The Labute approximate surface area is 157 Å². The lowest BCUT2D eigenvalue weighted by atomic mass is 10.1. The van der Waals surface area contributed by atoms with Gasteiger partial charge in [-0.2, -0.15) is 0 Å². The van der Waals surface area contributed by atoms with Gasteiger partial charge in [0, 0.05) is 33.0 Å². The van der Waals surface area contributed by atoms with E-state index in [0.29, 0.717) is 38.2 Å². The van der Waals surface area contributed by atoms with E-state index in [1.807, 2.05) is 0 Å². The molecule has 0 radical (unpaired) electrons. The quantitative estimate of drug-likeness (QED) is 0.193. The molecule has 0 saturated heterocycles. The normalized spacial score (nSPS) is 12.1. The zero-order valence-electron chi connectivity index (χ0n) is 14.6. The van der Waals surface area contributed by atoms with Crippen LogP contribution in [-0.4, -0.2) is 73.0 Å². The fourth-order valence-electron chi connectivity index (χ4n) is 1.44. The van der Waals surface area contributed by atoms with E-state index in [9.17, 15) is 8.42 Å². The van der Waals surface area contributed by atoms with Crippen LogP contribution in [0.25, 0.3) is 0 Å². The highest BCUT2D eigenvalue weighted by Gasteiger charge is 2.01. The Morgan fingerprint density at radius 3 is 2.00 bits per heavy atom. The molecule has 0 aromatic rings. The van der Waals surface area contributed by atoms with Gasteiger partial charge in [0.1, 0.15) is 9.84 Å². The first-order chi connectivity index (χ1) is 10.3. The van der Waals surface area contributed by atoms with Crippen molar-refractivity contribution in [2.75, 3.05) is 58.6 Å². The van der Waals surface area contributed by atoms with Gasteiger partial charge in [0.15, 0.2) is 5.96 Å². The van der Waals surface area contributed by atoms with E-state index in [-0.39, 0.29) is 36.3 Å². The van der Waals surface area contributed by atoms with Crippen LogP contribution >= 0.6 is 24.0 Å². The van der Waals surface area contributed by atoms with Crippen molar-refractivity contribution in [3.63, 3.8) is 0 Å². The van der Waals surface area contributed by atoms with Gasteiger partial charge in [-0.05, 0) is 12.3 Å². The number of hydrogen-bond donors (Lipinski definition) is 2. The Balaban J connectivity index is 0. The Hall–Kier alpha value is -0.130. The van der Waals surface area contributed by atoms with E-state index in [4.69, 9.17) is 9.47 Å². The lowest BCUT2D eigenvalue weighted by molar-refractivity contribution is 0.128. The van der Waals surface area contributed by atoms with Crippen LogP contribution in [-0.2, 0) is 19.3 Å². The standard InChI is InChI=1S/C14H31N3O4S.HI/c1-13(2)5-8-20-9-6-16-14(15-3)17-7-10-21-11-12-22(4,18)19;/h13H,5-12H2,1-4H3,(H2,15,16,17);1H. The number of aliphatic imine (C=N–C) groups is 1. The average Bonchev–Trinajstić information content (AvgIpc) is 2.42. The molecular formula is C14H32IN3O4S. The van der Waals surface area contributed by atoms with E-state index >= 15 is 0 Å². The molecule has 2 N–H and O–H groups in total. The zero-order chi connectivity index (χ0) is 16.8. The van der Waals surface area contributed by atoms with E-state index in [1.54, 1.807) is 7.05 Å². The molecule has 0 aliphatic heterocycles. The summed E-state index contributed by atoms with van der Waals surface area (Å²) in [6, 6.07) is 0. The second-order valence-electron chi connectivity index (χ2n) is 5.46. The lowest BCUT2D eigenvalue weighted by Crippen LogP contribution is -2.40. The molecular weight excluding hydrogens is 433 g/mol. The zero-order valence-corrected chi connectivity index (χ0v) is 17.8. The third-order valence-corrected chi connectivity index (χ3v) is 3.65. The fraction of sp³-hybridized carbons (Fsp3) is 0.929. The van der Waals surface area contributed by atoms with Crippen molar-refractivity contribution in [3.8, 4) is 0 Å². The van der Waals surface area contributed by atoms with Crippen LogP contribution in [0.1, 0.15) is 20.3 Å². The minimum Gasteiger partial charge on any atom is -0.380 e. The molecule has 0 heterocycles. The minimum absolute atomic E-state index is 0. The van der Waals surface area contributed by atoms with Crippen molar-refractivity contribution in [1.29, 1.82) is 0 Å². The summed E-state index contributed by atoms with van der Waals surface area (Å²) < 4.78 is 32.6. The second kappa shape index (κ2) is 15.4. The summed E-state index contributed by atoms with van der Waals surface area (Å²) in [5, 5.41) is 6.22. The molecule has 0 bridgehead atoms. The maximum atomic E-state index is 10.9. The monoisotopic (exact) mass is 465 g/mol. The minimum atomic E-state index is -2.95. The summed E-state index contributed by atoms with van der Waals surface area (Å²) in [5.41, 5.74) is 0. The van der Waals surface area contributed by atoms with Gasteiger partial charge in [-0.3, -0.25) is 4.99 Å². The van der Waals surface area contributed by atoms with Crippen LogP contribution in [0.2, 0.25) is 0 Å². The van der Waals surface area contributed by atoms with Crippen LogP contribution in [0.4, 0.5) is 0 Å². The van der Waals surface area contributed by atoms with Crippen molar-refractivity contribution in [2.24, 2.45) is 10.9 Å². The van der Waals surface area contributed by atoms with Gasteiger partial charge in [-0.1, -0.05) is 13.8 Å². The molecule has 23 heavy (non-hydrogen) atoms. The number of ether oxygens (including phenoxy) is 2. The summed E-state index contributed by atoms with van der Waals surface area (Å²) in [7, 11) is -1.26. The molecule has 0 amide bonds. The van der Waals surface area contributed by atoms with Gasteiger partial charge in [0.25, 0.3) is 0 Å². The van der Waals surface area contributed by atoms with Crippen LogP contribution < -0.4 is 10.6 Å². The predicted molar refractivity (Wildman–Crippen MR) is 106 cm³/mol. The average molecular weight is 465 g/mol. The first-order valence-electron chi connectivity index (χ1n) is 7.63. The topological polar surface area (TPSA) is 89.0 Å². The van der Waals surface area contributed by atoms with Crippen molar-refractivity contribution in [2.45, 2.75) is 20.3 Å². The number of halogens is 1. The first kappa shape index (κ1) is 25.1. The molecule has 0 fully saturated rings. The molecule has 0 aromatic heterocycles. The maximum Gasteiger partial charge on any atom is 0.191 e. The van der Waals surface area contributed by atoms with Crippen LogP contribution in [0.5, 0.6) is 0 Å². The number of nitrogens with one attached hydrogen (secondary N) is 2. The third-order valence-electron chi connectivity index (χ3n) is 2.74. The Morgan fingerprint density at radius 1 is 1.04 bits per heavy atom. The van der Waals surface area contributed by atoms with E-state index < -0.39 is 9.84 Å². The number of rotatable bonds is 12. The second-order valence-corrected chi connectivity index (χ2v) is 7.72. The molecule has 0 spiro atoms. The van der Waals surface area contributed by atoms with Gasteiger partial charge in [0.2, 0.25) is 0 Å². The van der Waals surface area contributed by atoms with E-state index in [1.165, 1.54) is 6.26 Å². The Kier molecular flexibility index (Phi) is 16.8. The van der Waals surface area contributed by atoms with Crippen LogP contribution in [0.3, 0.4) is 0 Å².